The Morgan fingerprint density at radius 3 is 2.08 bits per heavy atom. The molecule has 0 unspecified atom stereocenters. The number of amides is 2. The minimum absolute atomic E-state index is 0.0476. The van der Waals surface area contributed by atoms with Crippen molar-refractivity contribution in [2.45, 2.75) is 54.3 Å². The Morgan fingerprint density at radius 1 is 1.00 bits per heavy atom. The van der Waals surface area contributed by atoms with Crippen LogP contribution in [0.15, 0.2) is 0 Å². The van der Waals surface area contributed by atoms with Gasteiger partial charge in [-0.05, 0) is 43.9 Å². The summed E-state index contributed by atoms with van der Waals surface area (Å²) in [6.07, 6.45) is 5.97. The van der Waals surface area contributed by atoms with Crippen LogP contribution in [0.3, 0.4) is 0 Å². The van der Waals surface area contributed by atoms with E-state index in [0.29, 0.717) is 0 Å². The Hall–Kier alpha value is -0.430. The molecule has 0 spiro atoms. The summed E-state index contributed by atoms with van der Waals surface area (Å²) in [5.74, 6) is -0.961. The predicted octanol–water partition coefficient (Wildman–Crippen LogP) is 2.64. The Bertz CT molecular complexity index is 545. The minimum atomic E-state index is -0.443. The topological polar surface area (TPSA) is 63.7 Å². The summed E-state index contributed by atoms with van der Waals surface area (Å²) in [5, 5.41) is 0. The monoisotopic (exact) mass is 461 g/mol. The fourth-order valence-electron chi connectivity index (χ4n) is 5.10. The van der Waals surface area contributed by atoms with Gasteiger partial charge in [0.15, 0.2) is 0 Å². The third-order valence-electron chi connectivity index (χ3n) is 6.22. The van der Waals surface area contributed by atoms with Crippen LogP contribution in [0.2, 0.25) is 0 Å². The van der Waals surface area contributed by atoms with Crippen molar-refractivity contribution in [3.63, 3.8) is 0 Å². The van der Waals surface area contributed by atoms with Crippen molar-refractivity contribution in [2.75, 3.05) is 6.54 Å². The number of nitrogens with zero attached hydrogens (tertiary/aromatic N) is 1. The van der Waals surface area contributed by atoms with Gasteiger partial charge in [0.25, 0.3) is 0 Å². The molecule has 0 N–H and O–H groups in total. The van der Waals surface area contributed by atoms with Crippen molar-refractivity contribution in [1.82, 2.24) is 4.90 Å². The van der Waals surface area contributed by atoms with Gasteiger partial charge < -0.3 is 4.74 Å². The van der Waals surface area contributed by atoms with Gasteiger partial charge in [0.2, 0.25) is 11.8 Å². The van der Waals surface area contributed by atoms with E-state index in [1.54, 1.807) is 0 Å². The van der Waals surface area contributed by atoms with E-state index in [-0.39, 0.29) is 57.8 Å². The molecule has 24 heavy (non-hydrogen) atoms. The van der Waals surface area contributed by atoms with Crippen LogP contribution in [0.5, 0.6) is 0 Å². The number of carbonyl (C=O) groups is 3. The van der Waals surface area contributed by atoms with E-state index in [1.165, 1.54) is 6.42 Å². The molecule has 2 amide bonds. The summed E-state index contributed by atoms with van der Waals surface area (Å²) >= 11 is 7.32. The van der Waals surface area contributed by atoms with E-state index >= 15 is 0 Å². The van der Waals surface area contributed by atoms with Crippen LogP contribution < -0.4 is 0 Å². The van der Waals surface area contributed by atoms with Crippen LogP contribution in [-0.2, 0) is 19.1 Å². The number of alkyl halides is 2. The smallest absolute Gasteiger partial charge is 0.326 e. The van der Waals surface area contributed by atoms with Gasteiger partial charge in [0, 0.05) is 9.65 Å². The van der Waals surface area contributed by atoms with Crippen LogP contribution in [0.4, 0.5) is 0 Å². The highest BCUT2D eigenvalue weighted by molar-refractivity contribution is 9.12. The van der Waals surface area contributed by atoms with Gasteiger partial charge in [-0.2, -0.15) is 0 Å². The third kappa shape index (κ3) is 2.57. The number of rotatable bonds is 3. The van der Waals surface area contributed by atoms with Crippen LogP contribution in [0.25, 0.3) is 0 Å². The normalized spacial score (nSPS) is 41.8. The summed E-state index contributed by atoms with van der Waals surface area (Å²) in [6.45, 7) is -0.222. The fourth-order valence-corrected chi connectivity index (χ4v) is 6.98. The lowest BCUT2D eigenvalue weighted by atomic mass is 9.81. The molecule has 132 valence electrons. The Balaban J connectivity index is 1.43. The van der Waals surface area contributed by atoms with Gasteiger partial charge in [0.05, 0.1) is 11.8 Å². The molecule has 0 aromatic rings. The number of halogens is 2. The molecule has 1 aliphatic heterocycles. The molecule has 4 rings (SSSR count). The lowest BCUT2D eigenvalue weighted by molar-refractivity contribution is -0.158. The number of hydrogen-bond acceptors (Lipinski definition) is 4. The maximum atomic E-state index is 12.7. The average Bonchev–Trinajstić information content (AvgIpc) is 3.16. The molecule has 3 saturated carbocycles. The van der Waals surface area contributed by atoms with E-state index in [9.17, 15) is 14.4 Å². The summed E-state index contributed by atoms with van der Waals surface area (Å²) < 4.78 is 5.48. The van der Waals surface area contributed by atoms with E-state index in [2.05, 4.69) is 31.9 Å². The second kappa shape index (κ2) is 6.38. The first-order chi connectivity index (χ1) is 11.5. The highest BCUT2D eigenvalue weighted by Gasteiger charge is 2.66. The number of fused-ring (bicyclic) bond motifs is 5. The van der Waals surface area contributed by atoms with Gasteiger partial charge in [-0.3, -0.25) is 19.3 Å². The fraction of sp³-hybridized carbons (Fsp3) is 0.824. The van der Waals surface area contributed by atoms with Crippen LogP contribution >= 0.6 is 31.9 Å². The van der Waals surface area contributed by atoms with E-state index in [0.717, 1.165) is 37.0 Å². The molecule has 7 heteroatoms. The minimum Gasteiger partial charge on any atom is -0.461 e. The number of esters is 1. The van der Waals surface area contributed by atoms with Gasteiger partial charge >= 0.3 is 5.97 Å². The van der Waals surface area contributed by atoms with Crippen LogP contribution in [0, 0.1) is 23.7 Å². The molecule has 4 fully saturated rings. The average molecular weight is 463 g/mol. The highest BCUT2D eigenvalue weighted by Crippen LogP contribution is 2.60. The second-order valence-electron chi connectivity index (χ2n) is 7.52. The zero-order chi connectivity index (χ0) is 17.0. The largest absolute Gasteiger partial charge is 0.461 e. The molecule has 4 aliphatic rings. The Kier molecular flexibility index (Phi) is 4.52. The molecule has 1 saturated heterocycles. The van der Waals surface area contributed by atoms with Crippen molar-refractivity contribution in [3.05, 3.63) is 0 Å². The third-order valence-corrected chi connectivity index (χ3v) is 9.42. The zero-order valence-corrected chi connectivity index (χ0v) is 16.5. The van der Waals surface area contributed by atoms with Crippen molar-refractivity contribution >= 4 is 49.6 Å². The van der Waals surface area contributed by atoms with E-state index < -0.39 is 5.97 Å². The SMILES string of the molecule is O=C(CN1C(=O)[C@H]2[C@@H]3C[C@H]([C@@H](Br)[C@H]3Br)[C@@H]2C1=O)OC1CCCCC1. The van der Waals surface area contributed by atoms with Gasteiger partial charge in [-0.15, -0.1) is 0 Å². The summed E-state index contributed by atoms with van der Waals surface area (Å²) in [6, 6.07) is 0. The van der Waals surface area contributed by atoms with Crippen molar-refractivity contribution in [3.8, 4) is 0 Å². The first kappa shape index (κ1) is 17.0. The maximum Gasteiger partial charge on any atom is 0.326 e. The lowest BCUT2D eigenvalue weighted by Gasteiger charge is -2.28. The van der Waals surface area contributed by atoms with Crippen molar-refractivity contribution in [2.24, 2.45) is 23.7 Å². The van der Waals surface area contributed by atoms with Gasteiger partial charge in [0.1, 0.15) is 12.6 Å². The number of imide groups is 1. The molecule has 2 bridgehead atoms. The van der Waals surface area contributed by atoms with Gasteiger partial charge in [-0.1, -0.05) is 38.3 Å². The molecule has 5 nitrogen and oxygen atoms in total. The predicted molar refractivity (Wildman–Crippen MR) is 93.7 cm³/mol. The van der Waals surface area contributed by atoms with Crippen molar-refractivity contribution < 1.29 is 19.1 Å². The first-order valence-electron chi connectivity index (χ1n) is 8.82. The summed E-state index contributed by atoms with van der Waals surface area (Å²) in [5.41, 5.74) is 0. The number of carbonyl (C=O) groups excluding carboxylic acids is 3. The lowest BCUT2D eigenvalue weighted by Crippen LogP contribution is -2.39. The molecule has 3 aliphatic carbocycles. The molecule has 1 heterocycles. The van der Waals surface area contributed by atoms with Crippen LogP contribution in [-0.4, -0.2) is 45.0 Å². The number of hydrogen-bond donors (Lipinski definition) is 0. The van der Waals surface area contributed by atoms with E-state index in [1.807, 2.05) is 0 Å². The molecule has 0 aromatic heterocycles. The van der Waals surface area contributed by atoms with E-state index in [4.69, 9.17) is 4.74 Å². The Morgan fingerprint density at radius 2 is 1.54 bits per heavy atom. The Labute approximate surface area is 158 Å². The quantitative estimate of drug-likeness (QED) is 0.367. The number of ether oxygens (including phenoxy) is 1. The highest BCUT2D eigenvalue weighted by atomic mass is 79.9. The standard InChI is InChI=1S/C17H21Br2NO4/c18-14-9-6-10(15(14)19)13-12(9)16(22)20(17(13)23)7-11(21)24-8-4-2-1-3-5-8/h8-10,12-15H,1-7H2/t9-,10-,12-,13-,14-,15+/m0/s1. The zero-order valence-electron chi connectivity index (χ0n) is 13.3. The molecule has 0 radical (unpaired) electrons. The second-order valence-corrected chi connectivity index (χ2v) is 9.63. The molecular formula is C17H21Br2NO4. The maximum absolute atomic E-state index is 12.7. The first-order valence-corrected chi connectivity index (χ1v) is 10.6. The number of likely N-dealkylation sites (tertiary alicyclic amines) is 1. The summed E-state index contributed by atoms with van der Waals surface area (Å²) in [7, 11) is 0. The molecule has 0 aromatic carbocycles. The van der Waals surface area contributed by atoms with Crippen molar-refractivity contribution in [1.29, 1.82) is 0 Å². The molecular weight excluding hydrogens is 442 g/mol. The van der Waals surface area contributed by atoms with Gasteiger partial charge in [-0.25, -0.2) is 0 Å². The van der Waals surface area contributed by atoms with Crippen LogP contribution in [0.1, 0.15) is 38.5 Å². The molecule has 6 atom stereocenters. The summed E-state index contributed by atoms with van der Waals surface area (Å²) in [4.78, 5) is 39.2.